The van der Waals surface area contributed by atoms with Crippen molar-refractivity contribution in [3.63, 3.8) is 0 Å². The summed E-state index contributed by atoms with van der Waals surface area (Å²) in [7, 11) is 0. The summed E-state index contributed by atoms with van der Waals surface area (Å²) in [5.74, 6) is -0.138. The largest absolute Gasteiger partial charge is 0.465 e. The molecule has 0 spiro atoms. The maximum Gasteiger partial charge on any atom is 0.308 e. The average Bonchev–Trinajstić information content (AvgIpc) is 2.72. The van der Waals surface area contributed by atoms with Gasteiger partial charge >= 0.3 is 11.9 Å². The lowest BCUT2D eigenvalue weighted by Gasteiger charge is -2.45. The van der Waals surface area contributed by atoms with Gasteiger partial charge in [0.15, 0.2) is 0 Å². The van der Waals surface area contributed by atoms with Gasteiger partial charge in [-0.15, -0.1) is 0 Å². The van der Waals surface area contributed by atoms with Gasteiger partial charge in [0.05, 0.1) is 12.5 Å². The molecule has 0 bridgehead atoms. The molecule has 0 aromatic carbocycles. The summed E-state index contributed by atoms with van der Waals surface area (Å²) < 4.78 is 11.5. The molecule has 0 aromatic rings. The van der Waals surface area contributed by atoms with E-state index in [1.807, 2.05) is 0 Å². The average molecular weight is 525 g/mol. The van der Waals surface area contributed by atoms with E-state index in [9.17, 15) is 9.59 Å². The zero-order chi connectivity index (χ0) is 28.3. The molecule has 1 aliphatic rings. The van der Waals surface area contributed by atoms with Crippen molar-refractivity contribution in [1.29, 1.82) is 0 Å². The van der Waals surface area contributed by atoms with E-state index in [0.717, 1.165) is 70.6 Å². The first-order valence-electron chi connectivity index (χ1n) is 14.9. The molecule has 6 nitrogen and oxygen atoms in total. The highest BCUT2D eigenvalue weighted by Crippen LogP contribution is 2.30. The van der Waals surface area contributed by atoms with Crippen molar-refractivity contribution >= 4 is 11.9 Å². The molecule has 37 heavy (non-hydrogen) atoms. The lowest BCUT2D eigenvalue weighted by Crippen LogP contribution is -2.59. The molecule has 0 saturated carbocycles. The second-order valence-corrected chi connectivity index (χ2v) is 14.0. The van der Waals surface area contributed by atoms with Gasteiger partial charge in [-0.05, 0) is 87.5 Å². The minimum atomic E-state index is -0.0747. The fraction of sp³-hybridized carbons (Fsp3) is 0.935. The van der Waals surface area contributed by atoms with Crippen LogP contribution in [-0.4, -0.2) is 46.8 Å². The molecule has 1 aliphatic heterocycles. The van der Waals surface area contributed by atoms with Crippen LogP contribution in [0.5, 0.6) is 0 Å². The van der Waals surface area contributed by atoms with Crippen molar-refractivity contribution in [3.8, 4) is 0 Å². The van der Waals surface area contributed by atoms with Crippen molar-refractivity contribution in [1.82, 2.24) is 10.6 Å². The summed E-state index contributed by atoms with van der Waals surface area (Å²) in [6.45, 7) is 22.1. The number of hydrogen-bond donors (Lipinski definition) is 2. The molecule has 0 amide bonds. The Morgan fingerprint density at radius 2 is 1.49 bits per heavy atom. The van der Waals surface area contributed by atoms with Crippen LogP contribution >= 0.6 is 0 Å². The van der Waals surface area contributed by atoms with E-state index in [4.69, 9.17) is 9.47 Å². The van der Waals surface area contributed by atoms with Gasteiger partial charge in [-0.3, -0.25) is 9.59 Å². The predicted octanol–water partition coefficient (Wildman–Crippen LogP) is 7.09. The molecule has 1 heterocycles. The highest BCUT2D eigenvalue weighted by atomic mass is 16.5. The maximum absolute atomic E-state index is 12.6. The number of hydrogen-bond acceptors (Lipinski definition) is 6. The Labute approximate surface area is 228 Å². The normalized spacial score (nSPS) is 18.9. The highest BCUT2D eigenvalue weighted by Gasteiger charge is 2.39. The van der Waals surface area contributed by atoms with Gasteiger partial charge in [-0.1, -0.05) is 39.5 Å². The summed E-state index contributed by atoms with van der Waals surface area (Å²) >= 11 is 0. The quantitative estimate of drug-likeness (QED) is 0.156. The summed E-state index contributed by atoms with van der Waals surface area (Å²) in [4.78, 5) is 24.9. The summed E-state index contributed by atoms with van der Waals surface area (Å²) in [5.41, 5.74) is -0.0415. The van der Waals surface area contributed by atoms with E-state index in [2.05, 4.69) is 79.9 Å². The molecule has 6 heteroatoms. The third-order valence-electron chi connectivity index (χ3n) is 7.74. The molecule has 1 rings (SSSR count). The zero-order valence-electron chi connectivity index (χ0n) is 26.0. The Balaban J connectivity index is 2.20. The number of ether oxygens (including phenoxy) is 2. The summed E-state index contributed by atoms with van der Waals surface area (Å²) in [6.07, 6.45) is 10.8. The molecule has 218 valence electrons. The lowest BCUT2D eigenvalue weighted by molar-refractivity contribution is -0.153. The Morgan fingerprint density at radius 3 is 2.05 bits per heavy atom. The predicted molar refractivity (Wildman–Crippen MR) is 154 cm³/mol. The fourth-order valence-corrected chi connectivity index (χ4v) is 5.83. The Hall–Kier alpha value is -1.14. The van der Waals surface area contributed by atoms with Crippen LogP contribution in [0.4, 0.5) is 0 Å². The van der Waals surface area contributed by atoms with Crippen molar-refractivity contribution < 1.29 is 19.1 Å². The van der Waals surface area contributed by atoms with Crippen LogP contribution in [0.1, 0.15) is 146 Å². The van der Waals surface area contributed by atoms with Crippen LogP contribution in [0.25, 0.3) is 0 Å². The number of nitrogens with one attached hydrogen (secondary N) is 2. The Morgan fingerprint density at radius 1 is 0.919 bits per heavy atom. The monoisotopic (exact) mass is 524 g/mol. The van der Waals surface area contributed by atoms with Crippen LogP contribution in [0.2, 0.25) is 0 Å². The van der Waals surface area contributed by atoms with Gasteiger partial charge in [0.25, 0.3) is 0 Å². The molecule has 1 saturated heterocycles. The van der Waals surface area contributed by atoms with Crippen molar-refractivity contribution in [2.45, 2.75) is 175 Å². The SMILES string of the molecule is CCC(CCCCCCCC(=O)OC1CC(C)(C)NC(C)(C)C1)C(=O)OCCC(C)(C)NC(C)(C)CC. The van der Waals surface area contributed by atoms with Crippen LogP contribution in [-0.2, 0) is 19.1 Å². The van der Waals surface area contributed by atoms with Crippen molar-refractivity contribution in [3.05, 3.63) is 0 Å². The van der Waals surface area contributed by atoms with Crippen LogP contribution < -0.4 is 10.6 Å². The molecule has 1 fully saturated rings. The van der Waals surface area contributed by atoms with E-state index < -0.39 is 0 Å². The van der Waals surface area contributed by atoms with Crippen LogP contribution in [0, 0.1) is 5.92 Å². The van der Waals surface area contributed by atoms with Gasteiger partial charge in [-0.25, -0.2) is 0 Å². The topological polar surface area (TPSA) is 76.7 Å². The van der Waals surface area contributed by atoms with Crippen molar-refractivity contribution in [2.75, 3.05) is 6.61 Å². The van der Waals surface area contributed by atoms with E-state index in [-0.39, 0.29) is 46.1 Å². The molecule has 0 aromatic heterocycles. The van der Waals surface area contributed by atoms with Crippen LogP contribution in [0.3, 0.4) is 0 Å². The molecule has 0 aliphatic carbocycles. The van der Waals surface area contributed by atoms with E-state index in [0.29, 0.717) is 13.0 Å². The molecule has 1 atom stereocenters. The second-order valence-electron chi connectivity index (χ2n) is 14.0. The van der Waals surface area contributed by atoms with E-state index in [1.165, 1.54) is 0 Å². The first kappa shape index (κ1) is 33.9. The highest BCUT2D eigenvalue weighted by molar-refractivity contribution is 5.72. The first-order chi connectivity index (χ1) is 17.0. The zero-order valence-corrected chi connectivity index (χ0v) is 26.0. The minimum Gasteiger partial charge on any atom is -0.465 e. The van der Waals surface area contributed by atoms with Gasteiger partial charge in [-0.2, -0.15) is 0 Å². The van der Waals surface area contributed by atoms with Gasteiger partial charge in [0.1, 0.15) is 6.10 Å². The summed E-state index contributed by atoms with van der Waals surface area (Å²) in [6, 6.07) is 0. The van der Waals surface area contributed by atoms with E-state index in [1.54, 1.807) is 0 Å². The number of unbranched alkanes of at least 4 members (excludes halogenated alkanes) is 4. The Bertz CT molecular complexity index is 683. The number of piperidine rings is 1. The third kappa shape index (κ3) is 14.6. The number of esters is 2. The molecule has 0 radical (unpaired) electrons. The standard InChI is InChI=1S/C31H60N2O4/c1-11-24(27(35)36-21-20-29(5,6)32-28(3,4)12-2)18-16-14-13-15-17-19-26(34)37-25-22-30(7,8)33-31(9,10)23-25/h24-25,32-33H,11-23H2,1-10H3. The van der Waals surface area contributed by atoms with E-state index >= 15 is 0 Å². The molecular weight excluding hydrogens is 464 g/mol. The lowest BCUT2D eigenvalue weighted by atomic mass is 9.81. The second kappa shape index (κ2) is 14.9. The molecular formula is C31H60N2O4. The van der Waals surface area contributed by atoms with Crippen LogP contribution in [0.15, 0.2) is 0 Å². The van der Waals surface area contributed by atoms with Gasteiger partial charge in [0, 0.05) is 41.4 Å². The fourth-order valence-electron chi connectivity index (χ4n) is 5.83. The number of carbonyl (C=O) groups excluding carboxylic acids is 2. The summed E-state index contributed by atoms with van der Waals surface area (Å²) in [5, 5.41) is 7.30. The minimum absolute atomic E-state index is 0.00463. The molecule has 1 unspecified atom stereocenters. The number of rotatable bonds is 17. The first-order valence-corrected chi connectivity index (χ1v) is 14.9. The van der Waals surface area contributed by atoms with Gasteiger partial charge < -0.3 is 20.1 Å². The van der Waals surface area contributed by atoms with Crippen molar-refractivity contribution in [2.24, 2.45) is 5.92 Å². The number of carbonyl (C=O) groups is 2. The Kier molecular flexibility index (Phi) is 13.6. The maximum atomic E-state index is 12.6. The molecule has 2 N–H and O–H groups in total. The smallest absolute Gasteiger partial charge is 0.308 e. The third-order valence-corrected chi connectivity index (χ3v) is 7.74. The van der Waals surface area contributed by atoms with Gasteiger partial charge in [0.2, 0.25) is 0 Å².